The zero-order chi connectivity index (χ0) is 13.0. The Bertz CT molecular complexity index is 358. The second-order valence-corrected chi connectivity index (χ2v) is 7.38. The van der Waals surface area contributed by atoms with Gasteiger partial charge in [0.1, 0.15) is 0 Å². The maximum Gasteiger partial charge on any atom is 0.214 e. The Morgan fingerprint density at radius 2 is 1.89 bits per heavy atom. The number of fused-ring (bicyclic) bond motifs is 1. The molecule has 6 heteroatoms. The van der Waals surface area contributed by atoms with E-state index < -0.39 is 10.0 Å². The molecule has 18 heavy (non-hydrogen) atoms. The second kappa shape index (κ2) is 6.32. The van der Waals surface area contributed by atoms with Gasteiger partial charge in [-0.15, -0.1) is 0 Å². The first kappa shape index (κ1) is 14.2. The smallest absolute Gasteiger partial charge is 0.214 e. The third-order valence-electron chi connectivity index (χ3n) is 3.97. The lowest BCUT2D eigenvalue weighted by Crippen LogP contribution is -2.40. The van der Waals surface area contributed by atoms with Crippen LogP contribution in [0.25, 0.3) is 0 Å². The summed E-state index contributed by atoms with van der Waals surface area (Å²) in [4.78, 5) is 2.43. The number of sulfonamides is 1. The first-order valence-electron chi connectivity index (χ1n) is 6.96. The van der Waals surface area contributed by atoms with Crippen molar-refractivity contribution in [2.45, 2.75) is 38.1 Å². The van der Waals surface area contributed by atoms with E-state index >= 15 is 0 Å². The molecule has 0 radical (unpaired) electrons. The number of aliphatic hydroxyl groups excluding tert-OH is 1. The second-order valence-electron chi connectivity index (χ2n) is 5.29. The maximum atomic E-state index is 12.2. The van der Waals surface area contributed by atoms with E-state index in [0.29, 0.717) is 32.0 Å². The summed E-state index contributed by atoms with van der Waals surface area (Å²) in [6, 6.07) is 0.431. The zero-order valence-corrected chi connectivity index (χ0v) is 11.7. The highest BCUT2D eigenvalue weighted by atomic mass is 32.2. The third-order valence-corrected chi connectivity index (χ3v) is 5.89. The van der Waals surface area contributed by atoms with E-state index in [9.17, 15) is 8.42 Å². The van der Waals surface area contributed by atoms with Crippen molar-refractivity contribution in [3.63, 3.8) is 0 Å². The highest BCUT2D eigenvalue weighted by Gasteiger charge is 2.33. The zero-order valence-electron chi connectivity index (χ0n) is 10.9. The van der Waals surface area contributed by atoms with Crippen LogP contribution in [-0.2, 0) is 10.0 Å². The normalized spacial score (nSPS) is 27.1. The van der Waals surface area contributed by atoms with Crippen LogP contribution in [0, 0.1) is 0 Å². The fourth-order valence-electron chi connectivity index (χ4n) is 2.95. The van der Waals surface area contributed by atoms with Crippen molar-refractivity contribution >= 4 is 10.0 Å². The fourth-order valence-corrected chi connectivity index (χ4v) is 4.58. The van der Waals surface area contributed by atoms with Gasteiger partial charge in [-0.2, -0.15) is 0 Å². The minimum atomic E-state index is -3.12. The average molecular weight is 276 g/mol. The van der Waals surface area contributed by atoms with Gasteiger partial charge in [0.15, 0.2) is 0 Å². The lowest BCUT2D eigenvalue weighted by atomic mass is 10.2. The number of hydrogen-bond donors (Lipinski definition) is 1. The van der Waals surface area contributed by atoms with Crippen molar-refractivity contribution in [1.82, 2.24) is 9.21 Å². The molecule has 2 aliphatic rings. The Morgan fingerprint density at radius 3 is 2.67 bits per heavy atom. The van der Waals surface area contributed by atoms with E-state index in [2.05, 4.69) is 4.90 Å². The Kier molecular flexibility index (Phi) is 5.00. The van der Waals surface area contributed by atoms with Crippen molar-refractivity contribution in [1.29, 1.82) is 0 Å². The number of unbranched alkanes of at least 4 members (excludes halogenated alkanes) is 1. The number of nitrogens with zero attached hydrogens (tertiary/aromatic N) is 2. The largest absolute Gasteiger partial charge is 0.396 e. The Morgan fingerprint density at radius 1 is 1.11 bits per heavy atom. The summed E-state index contributed by atoms with van der Waals surface area (Å²) < 4.78 is 26.1. The molecule has 0 aromatic heterocycles. The highest BCUT2D eigenvalue weighted by molar-refractivity contribution is 7.89. The molecule has 106 valence electrons. The van der Waals surface area contributed by atoms with E-state index in [1.807, 2.05) is 0 Å². The summed E-state index contributed by atoms with van der Waals surface area (Å²) in [5, 5.41) is 8.73. The molecule has 0 saturated carbocycles. The van der Waals surface area contributed by atoms with Gasteiger partial charge in [0.2, 0.25) is 10.0 Å². The predicted octanol–water partition coefficient (Wildman–Crippen LogP) is 0.259. The molecule has 2 fully saturated rings. The molecular formula is C12H24N2O3S. The lowest BCUT2D eigenvalue weighted by Gasteiger charge is -2.25. The quantitative estimate of drug-likeness (QED) is 0.732. The van der Waals surface area contributed by atoms with Crippen molar-refractivity contribution in [2.24, 2.45) is 0 Å². The summed E-state index contributed by atoms with van der Waals surface area (Å²) in [6.07, 6.45) is 4.40. The van der Waals surface area contributed by atoms with E-state index in [0.717, 1.165) is 25.9 Å². The average Bonchev–Trinajstić information content (AvgIpc) is 2.66. The van der Waals surface area contributed by atoms with Crippen LogP contribution in [0.2, 0.25) is 0 Å². The molecule has 1 N–H and O–H groups in total. The molecule has 2 aliphatic heterocycles. The summed E-state index contributed by atoms with van der Waals surface area (Å²) in [6.45, 7) is 3.57. The van der Waals surface area contributed by atoms with Gasteiger partial charge >= 0.3 is 0 Å². The molecule has 2 heterocycles. The van der Waals surface area contributed by atoms with Crippen molar-refractivity contribution in [3.8, 4) is 0 Å². The Balaban J connectivity index is 1.94. The first-order chi connectivity index (χ1) is 8.63. The van der Waals surface area contributed by atoms with Crippen LogP contribution >= 0.6 is 0 Å². The highest BCUT2D eigenvalue weighted by Crippen LogP contribution is 2.23. The van der Waals surface area contributed by atoms with Crippen LogP contribution in [-0.4, -0.2) is 67.3 Å². The maximum absolute atomic E-state index is 12.2. The Hall–Kier alpha value is -0.170. The first-order valence-corrected chi connectivity index (χ1v) is 8.57. The van der Waals surface area contributed by atoms with E-state index in [4.69, 9.17) is 5.11 Å². The third kappa shape index (κ3) is 3.44. The molecule has 0 aromatic carbocycles. The topological polar surface area (TPSA) is 60.9 Å². The van der Waals surface area contributed by atoms with Gasteiger partial charge in [0.05, 0.1) is 5.75 Å². The van der Waals surface area contributed by atoms with Gasteiger partial charge in [-0.05, 0) is 45.2 Å². The van der Waals surface area contributed by atoms with E-state index in [1.54, 1.807) is 4.31 Å². The number of aliphatic hydroxyl groups is 1. The molecule has 0 bridgehead atoms. The summed E-state index contributed by atoms with van der Waals surface area (Å²) in [7, 11) is -3.12. The SMILES string of the molecule is O=S(=O)(CCCCO)N1CCCN2CCCC2C1. The molecule has 2 rings (SSSR count). The van der Waals surface area contributed by atoms with Gasteiger partial charge in [0.25, 0.3) is 0 Å². The van der Waals surface area contributed by atoms with Crippen molar-refractivity contribution < 1.29 is 13.5 Å². The van der Waals surface area contributed by atoms with Crippen LogP contribution in [0.1, 0.15) is 32.1 Å². The predicted molar refractivity (Wildman–Crippen MR) is 70.9 cm³/mol. The Labute approximate surface area is 110 Å². The molecule has 5 nitrogen and oxygen atoms in total. The summed E-state index contributed by atoms with van der Waals surface area (Å²) in [5.41, 5.74) is 0. The lowest BCUT2D eigenvalue weighted by molar-refractivity contribution is 0.257. The monoisotopic (exact) mass is 276 g/mol. The molecule has 2 saturated heterocycles. The van der Waals surface area contributed by atoms with Gasteiger partial charge in [-0.1, -0.05) is 0 Å². The number of rotatable bonds is 5. The van der Waals surface area contributed by atoms with Crippen LogP contribution in [0.3, 0.4) is 0 Å². The van der Waals surface area contributed by atoms with Gasteiger partial charge < -0.3 is 5.11 Å². The van der Waals surface area contributed by atoms with Crippen LogP contribution < -0.4 is 0 Å². The van der Waals surface area contributed by atoms with Crippen LogP contribution in [0.5, 0.6) is 0 Å². The summed E-state index contributed by atoms with van der Waals surface area (Å²) >= 11 is 0. The molecule has 0 aromatic rings. The van der Waals surface area contributed by atoms with E-state index in [1.165, 1.54) is 6.42 Å². The van der Waals surface area contributed by atoms with Gasteiger partial charge in [-0.25, -0.2) is 12.7 Å². The molecule has 1 atom stereocenters. The summed E-state index contributed by atoms with van der Waals surface area (Å²) in [5.74, 6) is 0.181. The van der Waals surface area contributed by atoms with Gasteiger partial charge in [-0.3, -0.25) is 4.90 Å². The molecular weight excluding hydrogens is 252 g/mol. The number of hydrogen-bond acceptors (Lipinski definition) is 4. The minimum absolute atomic E-state index is 0.0753. The van der Waals surface area contributed by atoms with Crippen molar-refractivity contribution in [2.75, 3.05) is 38.5 Å². The standard InChI is InChI=1S/C12H24N2O3S/c15-9-1-2-10-18(16,17)14-8-4-7-13-6-3-5-12(13)11-14/h12,15H,1-11H2. The van der Waals surface area contributed by atoms with Crippen LogP contribution in [0.4, 0.5) is 0 Å². The molecule has 0 spiro atoms. The van der Waals surface area contributed by atoms with E-state index in [-0.39, 0.29) is 12.4 Å². The molecule has 1 unspecified atom stereocenters. The van der Waals surface area contributed by atoms with Crippen LogP contribution in [0.15, 0.2) is 0 Å². The minimum Gasteiger partial charge on any atom is -0.396 e. The fraction of sp³-hybridized carbons (Fsp3) is 1.00. The molecule has 0 amide bonds. The van der Waals surface area contributed by atoms with Crippen molar-refractivity contribution in [3.05, 3.63) is 0 Å². The van der Waals surface area contributed by atoms with Gasteiger partial charge in [0, 0.05) is 25.7 Å². The molecule has 0 aliphatic carbocycles.